The number of benzene rings is 2. The molecule has 2 aliphatic heterocycles. The molecule has 0 saturated carbocycles. The first kappa shape index (κ1) is 17.1. The zero-order chi connectivity index (χ0) is 19.1. The molecule has 5 rings (SSSR count). The Morgan fingerprint density at radius 1 is 1.21 bits per heavy atom. The van der Waals surface area contributed by atoms with Crippen molar-refractivity contribution in [3.63, 3.8) is 0 Å². The average Bonchev–Trinajstić information content (AvgIpc) is 3.38. The van der Waals surface area contributed by atoms with Crippen molar-refractivity contribution in [2.75, 3.05) is 6.61 Å². The second kappa shape index (κ2) is 6.87. The van der Waals surface area contributed by atoms with Crippen molar-refractivity contribution in [2.45, 2.75) is 25.6 Å². The predicted molar refractivity (Wildman–Crippen MR) is 109 cm³/mol. The number of aromatic hydroxyl groups is 1. The first-order valence-electron chi connectivity index (χ1n) is 9.35. The van der Waals surface area contributed by atoms with Crippen LogP contribution in [0.5, 0.6) is 17.2 Å². The van der Waals surface area contributed by atoms with Crippen LogP contribution in [0, 0.1) is 0 Å². The molecule has 2 atom stereocenters. The van der Waals surface area contributed by atoms with E-state index in [1.807, 2.05) is 47.6 Å². The van der Waals surface area contributed by atoms with Crippen LogP contribution in [-0.4, -0.2) is 22.4 Å². The third-order valence-electron chi connectivity index (χ3n) is 5.12. The molecule has 2 aromatic carbocycles. The molecule has 28 heavy (non-hydrogen) atoms. The number of ether oxygens (including phenoxy) is 2. The summed E-state index contributed by atoms with van der Waals surface area (Å²) in [5, 5.41) is 21.3. The van der Waals surface area contributed by atoms with Gasteiger partial charge >= 0.3 is 0 Å². The van der Waals surface area contributed by atoms with Gasteiger partial charge in [0.1, 0.15) is 5.75 Å². The van der Waals surface area contributed by atoms with Crippen molar-refractivity contribution < 1.29 is 14.6 Å². The summed E-state index contributed by atoms with van der Waals surface area (Å²) in [5.41, 5.74) is 3.76. The van der Waals surface area contributed by atoms with E-state index in [9.17, 15) is 5.11 Å². The number of phenolic OH excluding ortho intramolecular Hbond substituents is 1. The molecule has 0 unspecified atom stereocenters. The number of nitrogens with zero attached hydrogens (tertiary/aromatic N) is 2. The molecule has 0 bridgehead atoms. The predicted octanol–water partition coefficient (Wildman–Crippen LogP) is 5.09. The Kier molecular flexibility index (Phi) is 4.20. The largest absolute Gasteiger partial charge is 0.507 e. The third-order valence-corrected chi connectivity index (χ3v) is 5.82. The van der Waals surface area contributed by atoms with Crippen molar-refractivity contribution in [1.82, 2.24) is 5.01 Å². The normalized spacial score (nSPS) is 20.2. The highest BCUT2D eigenvalue weighted by Gasteiger charge is 2.42. The minimum absolute atomic E-state index is 0.0312. The number of fused-ring (bicyclic) bond motifs is 3. The van der Waals surface area contributed by atoms with E-state index in [1.54, 1.807) is 17.4 Å². The van der Waals surface area contributed by atoms with Gasteiger partial charge in [0, 0.05) is 23.1 Å². The van der Waals surface area contributed by atoms with Gasteiger partial charge in [-0.3, -0.25) is 0 Å². The Bertz CT molecular complexity index is 1030. The van der Waals surface area contributed by atoms with Gasteiger partial charge in [0.15, 0.2) is 11.5 Å². The van der Waals surface area contributed by atoms with Gasteiger partial charge in [-0.05, 0) is 41.9 Å². The van der Waals surface area contributed by atoms with Gasteiger partial charge in [-0.15, -0.1) is 0 Å². The van der Waals surface area contributed by atoms with Crippen molar-refractivity contribution in [3.05, 3.63) is 76.0 Å². The second-order valence-electron chi connectivity index (χ2n) is 6.80. The van der Waals surface area contributed by atoms with Gasteiger partial charge < -0.3 is 14.6 Å². The van der Waals surface area contributed by atoms with Crippen LogP contribution in [0.15, 0.2) is 64.4 Å². The fraction of sp³-hybridized carbons (Fsp3) is 0.227. The van der Waals surface area contributed by atoms with Crippen molar-refractivity contribution in [2.24, 2.45) is 5.10 Å². The number of hydrazone groups is 1. The Labute approximate surface area is 167 Å². The van der Waals surface area contributed by atoms with E-state index < -0.39 is 0 Å². The minimum atomic E-state index is -0.325. The summed E-state index contributed by atoms with van der Waals surface area (Å²) >= 11 is 1.64. The molecule has 0 radical (unpaired) electrons. The van der Waals surface area contributed by atoms with Gasteiger partial charge in [-0.2, -0.15) is 16.4 Å². The molecular weight excluding hydrogens is 372 g/mol. The van der Waals surface area contributed by atoms with Crippen LogP contribution < -0.4 is 9.47 Å². The summed E-state index contributed by atoms with van der Waals surface area (Å²) in [6.07, 6.45) is 0.373. The van der Waals surface area contributed by atoms with Gasteiger partial charge in [0.2, 0.25) is 6.23 Å². The fourth-order valence-electron chi connectivity index (χ4n) is 3.87. The standard InChI is InChI=1S/C22H20N2O3S/c1-2-26-20-9-5-7-16-18-12-17(15-6-3-4-8-19(15)25)23-24(18)22(27-21(16)20)14-10-11-28-13-14/h3-11,13,18,22,25H,2,12H2,1H3/t18-,22-/m0/s1. The van der Waals surface area contributed by atoms with E-state index in [1.165, 1.54) is 0 Å². The van der Waals surface area contributed by atoms with Crippen molar-refractivity contribution in [1.29, 1.82) is 0 Å². The van der Waals surface area contributed by atoms with Crippen LogP contribution in [0.4, 0.5) is 0 Å². The van der Waals surface area contributed by atoms with Crippen LogP contribution in [0.25, 0.3) is 0 Å². The van der Waals surface area contributed by atoms with Crippen molar-refractivity contribution in [3.8, 4) is 17.2 Å². The van der Waals surface area contributed by atoms with Crippen molar-refractivity contribution >= 4 is 17.0 Å². The van der Waals surface area contributed by atoms with Crippen LogP contribution >= 0.6 is 11.3 Å². The Morgan fingerprint density at radius 2 is 2.11 bits per heavy atom. The van der Waals surface area contributed by atoms with Gasteiger partial charge in [0.25, 0.3) is 0 Å². The van der Waals surface area contributed by atoms with E-state index in [-0.39, 0.29) is 18.0 Å². The summed E-state index contributed by atoms with van der Waals surface area (Å²) in [5.74, 6) is 1.80. The third kappa shape index (κ3) is 2.72. The lowest BCUT2D eigenvalue weighted by molar-refractivity contribution is -0.0209. The van der Waals surface area contributed by atoms with Gasteiger partial charge in [-0.25, -0.2) is 5.01 Å². The van der Waals surface area contributed by atoms with Crippen LogP contribution in [0.3, 0.4) is 0 Å². The Morgan fingerprint density at radius 3 is 2.89 bits per heavy atom. The molecule has 0 fully saturated rings. The monoisotopic (exact) mass is 392 g/mol. The van der Waals surface area contributed by atoms with E-state index in [4.69, 9.17) is 14.6 Å². The molecule has 0 spiro atoms. The number of hydrogen-bond acceptors (Lipinski definition) is 6. The zero-order valence-electron chi connectivity index (χ0n) is 15.4. The highest BCUT2D eigenvalue weighted by atomic mass is 32.1. The number of para-hydroxylation sites is 2. The van der Waals surface area contributed by atoms with E-state index in [0.29, 0.717) is 13.0 Å². The second-order valence-corrected chi connectivity index (χ2v) is 7.58. The SMILES string of the molecule is CCOc1cccc2c1O[C@@H](c1ccsc1)N1N=C(c3ccccc3O)C[C@@H]21. The summed E-state index contributed by atoms with van der Waals surface area (Å²) in [4.78, 5) is 0. The molecule has 3 aromatic rings. The lowest BCUT2D eigenvalue weighted by Gasteiger charge is -2.38. The first-order chi connectivity index (χ1) is 13.8. The maximum Gasteiger partial charge on any atom is 0.214 e. The van der Waals surface area contributed by atoms with E-state index >= 15 is 0 Å². The first-order valence-corrected chi connectivity index (χ1v) is 10.3. The Balaban J connectivity index is 1.62. The number of hydrogen-bond donors (Lipinski definition) is 1. The molecule has 1 N–H and O–H groups in total. The highest BCUT2D eigenvalue weighted by molar-refractivity contribution is 7.07. The lowest BCUT2D eigenvalue weighted by Crippen LogP contribution is -2.33. The molecule has 0 amide bonds. The average molecular weight is 392 g/mol. The zero-order valence-corrected chi connectivity index (χ0v) is 16.2. The summed E-state index contributed by atoms with van der Waals surface area (Å²) in [6.45, 7) is 2.55. The smallest absolute Gasteiger partial charge is 0.214 e. The summed E-state index contributed by atoms with van der Waals surface area (Å²) in [6, 6.07) is 15.5. The molecular formula is C22H20N2O3S. The quantitative estimate of drug-likeness (QED) is 0.672. The number of thiophene rings is 1. The van der Waals surface area contributed by atoms with Gasteiger partial charge in [0.05, 0.1) is 18.4 Å². The van der Waals surface area contributed by atoms with Crippen LogP contribution in [0.2, 0.25) is 0 Å². The Hall–Kier alpha value is -2.99. The number of phenols is 1. The molecule has 2 aliphatic rings. The maximum absolute atomic E-state index is 10.3. The number of rotatable bonds is 4. The molecule has 3 heterocycles. The van der Waals surface area contributed by atoms with Crippen LogP contribution in [0.1, 0.15) is 42.3 Å². The molecule has 5 nitrogen and oxygen atoms in total. The van der Waals surface area contributed by atoms with E-state index in [2.05, 4.69) is 17.5 Å². The minimum Gasteiger partial charge on any atom is -0.507 e. The molecule has 142 valence electrons. The highest BCUT2D eigenvalue weighted by Crippen LogP contribution is 2.51. The molecule has 0 saturated heterocycles. The lowest BCUT2D eigenvalue weighted by atomic mass is 9.95. The van der Waals surface area contributed by atoms with Crippen LogP contribution in [-0.2, 0) is 0 Å². The van der Waals surface area contributed by atoms with E-state index in [0.717, 1.165) is 33.9 Å². The molecule has 6 heteroatoms. The summed E-state index contributed by atoms with van der Waals surface area (Å²) < 4.78 is 12.3. The molecule has 1 aromatic heterocycles. The molecule has 0 aliphatic carbocycles. The fourth-order valence-corrected chi connectivity index (χ4v) is 4.54. The maximum atomic E-state index is 10.3. The van der Waals surface area contributed by atoms with Gasteiger partial charge in [-0.1, -0.05) is 24.3 Å². The topological polar surface area (TPSA) is 54.3 Å². The summed E-state index contributed by atoms with van der Waals surface area (Å²) in [7, 11) is 0.